The Bertz CT molecular complexity index is 179. The lowest BCUT2D eigenvalue weighted by Crippen LogP contribution is -2.46. The third-order valence-electron chi connectivity index (χ3n) is 1.44. The van der Waals surface area contributed by atoms with Crippen LogP contribution in [0.1, 0.15) is 33.6 Å². The number of carbonyl (C=O) groups is 1. The van der Waals surface area contributed by atoms with Gasteiger partial charge in [0.1, 0.15) is 0 Å². The molecule has 5 heteroatoms. The monoisotopic (exact) mass is 223 g/mol. The van der Waals surface area contributed by atoms with Gasteiger partial charge in [0.15, 0.2) is 0 Å². The number of alkyl halides is 1. The maximum atomic E-state index is 9.92. The molecule has 1 saturated carbocycles. The van der Waals surface area contributed by atoms with Crippen LogP contribution in [0.2, 0.25) is 0 Å². The second kappa shape index (κ2) is 5.41. The Kier molecular flexibility index (Phi) is 5.23. The Labute approximate surface area is 89.3 Å². The van der Waals surface area contributed by atoms with Gasteiger partial charge in [-0.05, 0) is 33.6 Å². The average Bonchev–Trinajstić information content (AvgIpc) is 1.78. The maximum absolute atomic E-state index is 9.92. The van der Waals surface area contributed by atoms with E-state index in [4.69, 9.17) is 21.8 Å². The quantitative estimate of drug-likeness (QED) is 0.594. The molecule has 0 saturated heterocycles. The van der Waals surface area contributed by atoms with Crippen molar-refractivity contribution in [2.45, 2.75) is 50.6 Å². The molecule has 3 N–H and O–H groups in total. The van der Waals surface area contributed by atoms with Crippen LogP contribution in [-0.2, 0) is 0 Å². The molecular weight excluding hydrogens is 206 g/mol. The Morgan fingerprint density at radius 3 is 2.00 bits per heavy atom. The molecule has 1 aliphatic carbocycles. The minimum Gasteiger partial charge on any atom is -0.465 e. The van der Waals surface area contributed by atoms with Crippen LogP contribution >= 0.6 is 11.6 Å². The van der Waals surface area contributed by atoms with E-state index in [0.29, 0.717) is 12.8 Å². The van der Waals surface area contributed by atoms with Crippen molar-refractivity contribution in [2.75, 3.05) is 0 Å². The summed E-state index contributed by atoms with van der Waals surface area (Å²) in [5.74, 6) is 0. The van der Waals surface area contributed by atoms with Crippen LogP contribution in [-0.4, -0.2) is 33.3 Å². The minimum atomic E-state index is -1.01. The SMILES string of the molecule is CC(C)(C)Cl.O=C(O)NC1CC(O)C1. The summed E-state index contributed by atoms with van der Waals surface area (Å²) in [7, 11) is 0. The predicted molar refractivity (Wildman–Crippen MR) is 55.8 cm³/mol. The number of hydrogen-bond acceptors (Lipinski definition) is 2. The molecule has 0 aromatic rings. The zero-order chi connectivity index (χ0) is 11.4. The fourth-order valence-corrected chi connectivity index (χ4v) is 0.880. The van der Waals surface area contributed by atoms with Crippen molar-refractivity contribution in [3.8, 4) is 0 Å². The predicted octanol–water partition coefficient (Wildman–Crippen LogP) is 1.80. The van der Waals surface area contributed by atoms with Crippen molar-refractivity contribution in [1.29, 1.82) is 0 Å². The van der Waals surface area contributed by atoms with Crippen molar-refractivity contribution in [3.63, 3.8) is 0 Å². The summed E-state index contributed by atoms with van der Waals surface area (Å²) in [5.41, 5.74) is 0. The summed E-state index contributed by atoms with van der Waals surface area (Å²) >= 11 is 5.53. The van der Waals surface area contributed by atoms with E-state index in [1.165, 1.54) is 0 Å². The van der Waals surface area contributed by atoms with E-state index in [9.17, 15) is 4.79 Å². The number of amides is 1. The molecule has 0 aliphatic heterocycles. The molecule has 14 heavy (non-hydrogen) atoms. The molecule has 4 nitrogen and oxygen atoms in total. The van der Waals surface area contributed by atoms with Gasteiger partial charge in [0.05, 0.1) is 6.10 Å². The summed E-state index contributed by atoms with van der Waals surface area (Å²) in [4.78, 5) is 9.89. The molecule has 0 radical (unpaired) electrons. The van der Waals surface area contributed by atoms with Crippen LogP contribution in [0.5, 0.6) is 0 Å². The zero-order valence-corrected chi connectivity index (χ0v) is 9.51. The van der Waals surface area contributed by atoms with E-state index in [1.54, 1.807) is 0 Å². The molecule has 1 rings (SSSR count). The van der Waals surface area contributed by atoms with Gasteiger partial charge in [0, 0.05) is 10.9 Å². The Balaban J connectivity index is 0.000000292. The largest absolute Gasteiger partial charge is 0.465 e. The number of aliphatic hydroxyl groups excluding tert-OH is 1. The molecule has 1 aliphatic rings. The highest BCUT2D eigenvalue weighted by molar-refractivity contribution is 6.23. The summed E-state index contributed by atoms with van der Waals surface area (Å²) in [6, 6.07) is -0.0162. The lowest BCUT2D eigenvalue weighted by molar-refractivity contribution is 0.0624. The molecule has 0 spiro atoms. The molecule has 0 atom stereocenters. The first kappa shape index (κ1) is 13.5. The minimum absolute atomic E-state index is 0.0162. The normalized spacial score (nSPS) is 25.5. The number of rotatable bonds is 1. The van der Waals surface area contributed by atoms with E-state index in [-0.39, 0.29) is 17.0 Å². The first-order chi connectivity index (χ1) is 6.18. The van der Waals surface area contributed by atoms with Crippen LogP contribution in [0.25, 0.3) is 0 Å². The third kappa shape index (κ3) is 9.61. The summed E-state index contributed by atoms with van der Waals surface area (Å²) in [6.45, 7) is 5.86. The number of hydrogen-bond donors (Lipinski definition) is 3. The summed E-state index contributed by atoms with van der Waals surface area (Å²) in [5, 5.41) is 19.1. The number of nitrogens with one attached hydrogen (secondary N) is 1. The fraction of sp³-hybridized carbons (Fsp3) is 0.889. The van der Waals surface area contributed by atoms with Gasteiger partial charge in [-0.15, -0.1) is 11.6 Å². The average molecular weight is 224 g/mol. The standard InChI is InChI=1S/C5H9NO3.C4H9Cl/c7-4-1-3(2-4)6-5(8)9;1-4(2,3)5/h3-4,6-7H,1-2H2,(H,8,9);1-3H3. The van der Waals surface area contributed by atoms with Crippen molar-refractivity contribution in [1.82, 2.24) is 5.32 Å². The van der Waals surface area contributed by atoms with Gasteiger partial charge in [-0.2, -0.15) is 0 Å². The number of aliphatic hydroxyl groups is 1. The molecule has 1 amide bonds. The number of carboxylic acid groups (broad SMARTS) is 1. The topological polar surface area (TPSA) is 69.6 Å². The van der Waals surface area contributed by atoms with E-state index in [1.807, 2.05) is 20.8 Å². The molecule has 0 heterocycles. The van der Waals surface area contributed by atoms with Crippen LogP contribution in [0.3, 0.4) is 0 Å². The van der Waals surface area contributed by atoms with E-state index in [2.05, 4.69) is 5.32 Å². The first-order valence-electron chi connectivity index (χ1n) is 4.55. The molecule has 1 fully saturated rings. The smallest absolute Gasteiger partial charge is 0.404 e. The Hall–Kier alpha value is -0.480. The second-order valence-electron chi connectivity index (χ2n) is 4.34. The van der Waals surface area contributed by atoms with Crippen molar-refractivity contribution in [3.05, 3.63) is 0 Å². The highest BCUT2D eigenvalue weighted by atomic mass is 35.5. The van der Waals surface area contributed by atoms with Crippen molar-refractivity contribution < 1.29 is 15.0 Å². The maximum Gasteiger partial charge on any atom is 0.404 e. The van der Waals surface area contributed by atoms with Crippen molar-refractivity contribution >= 4 is 17.7 Å². The van der Waals surface area contributed by atoms with Gasteiger partial charge in [-0.25, -0.2) is 4.79 Å². The fourth-order valence-electron chi connectivity index (χ4n) is 0.880. The van der Waals surface area contributed by atoms with Gasteiger partial charge in [0.2, 0.25) is 0 Å². The molecule has 0 bridgehead atoms. The van der Waals surface area contributed by atoms with Crippen molar-refractivity contribution in [2.24, 2.45) is 0 Å². The van der Waals surface area contributed by atoms with Gasteiger partial charge in [-0.1, -0.05) is 0 Å². The van der Waals surface area contributed by atoms with Crippen LogP contribution in [0.4, 0.5) is 4.79 Å². The van der Waals surface area contributed by atoms with Crippen LogP contribution < -0.4 is 5.32 Å². The lowest BCUT2D eigenvalue weighted by atomic mass is 9.90. The van der Waals surface area contributed by atoms with Crippen LogP contribution in [0.15, 0.2) is 0 Å². The van der Waals surface area contributed by atoms with Gasteiger partial charge in [-0.3, -0.25) is 0 Å². The van der Waals surface area contributed by atoms with E-state index >= 15 is 0 Å². The molecular formula is C9H18ClNO3. The highest BCUT2D eigenvalue weighted by Gasteiger charge is 2.27. The zero-order valence-electron chi connectivity index (χ0n) is 8.75. The first-order valence-corrected chi connectivity index (χ1v) is 4.92. The summed E-state index contributed by atoms with van der Waals surface area (Å²) in [6.07, 6.45) is -0.174. The van der Waals surface area contributed by atoms with Gasteiger partial charge < -0.3 is 15.5 Å². The van der Waals surface area contributed by atoms with Crippen LogP contribution in [0, 0.1) is 0 Å². The molecule has 0 unspecified atom stereocenters. The third-order valence-corrected chi connectivity index (χ3v) is 1.44. The van der Waals surface area contributed by atoms with Gasteiger partial charge >= 0.3 is 6.09 Å². The number of halogens is 1. The van der Waals surface area contributed by atoms with E-state index < -0.39 is 6.09 Å². The lowest BCUT2D eigenvalue weighted by Gasteiger charge is -2.30. The highest BCUT2D eigenvalue weighted by Crippen LogP contribution is 2.18. The Morgan fingerprint density at radius 2 is 1.79 bits per heavy atom. The molecule has 84 valence electrons. The molecule has 0 aromatic heterocycles. The Morgan fingerprint density at radius 1 is 1.43 bits per heavy atom. The van der Waals surface area contributed by atoms with Gasteiger partial charge in [0.25, 0.3) is 0 Å². The molecule has 0 aromatic carbocycles. The second-order valence-corrected chi connectivity index (χ2v) is 5.47. The summed E-state index contributed by atoms with van der Waals surface area (Å²) < 4.78 is 0. The van der Waals surface area contributed by atoms with E-state index in [0.717, 1.165) is 0 Å².